The zero-order valence-corrected chi connectivity index (χ0v) is 17.2. The first-order valence-electron chi connectivity index (χ1n) is 8.70. The molecule has 0 heterocycles. The number of hydrogen-bond donors (Lipinski definition) is 2. The van der Waals surface area contributed by atoms with Gasteiger partial charge in [0.2, 0.25) is 0 Å². The number of phenolic OH excluding ortho intramolecular Hbond substituents is 2. The summed E-state index contributed by atoms with van der Waals surface area (Å²) in [5.41, 5.74) is 1.24. The van der Waals surface area contributed by atoms with E-state index in [-0.39, 0.29) is 21.3 Å². The van der Waals surface area contributed by atoms with Crippen molar-refractivity contribution in [3.8, 4) is 11.5 Å². The SMILES string of the molecule is O=S(=O)(/C=C/c1ccc(/C=C/S(=O)(=O)c2ccc(O)cc2)cc1)c1ccc(O)cc1. The molecule has 0 aliphatic rings. The van der Waals surface area contributed by atoms with Crippen LogP contribution >= 0.6 is 0 Å². The van der Waals surface area contributed by atoms with Crippen LogP contribution in [0, 0.1) is 0 Å². The van der Waals surface area contributed by atoms with E-state index in [1.165, 1.54) is 60.7 Å². The van der Waals surface area contributed by atoms with Gasteiger partial charge in [-0.2, -0.15) is 0 Å². The Morgan fingerprint density at radius 3 is 1.10 bits per heavy atom. The molecule has 6 nitrogen and oxygen atoms in total. The molecule has 8 heteroatoms. The van der Waals surface area contributed by atoms with E-state index >= 15 is 0 Å². The van der Waals surface area contributed by atoms with Crippen LogP contribution in [-0.4, -0.2) is 27.0 Å². The topological polar surface area (TPSA) is 109 Å². The lowest BCUT2D eigenvalue weighted by Gasteiger charge is -2.01. The highest BCUT2D eigenvalue weighted by atomic mass is 32.2. The van der Waals surface area contributed by atoms with Crippen LogP contribution in [0.2, 0.25) is 0 Å². The van der Waals surface area contributed by atoms with Crippen LogP contribution in [0.15, 0.2) is 93.4 Å². The van der Waals surface area contributed by atoms with Crippen molar-refractivity contribution < 1.29 is 27.0 Å². The molecule has 0 aliphatic carbocycles. The minimum atomic E-state index is -3.65. The Morgan fingerprint density at radius 1 is 0.500 bits per heavy atom. The second-order valence-corrected chi connectivity index (χ2v) is 10.0. The van der Waals surface area contributed by atoms with Crippen LogP contribution in [0.1, 0.15) is 11.1 Å². The van der Waals surface area contributed by atoms with Gasteiger partial charge in [-0.3, -0.25) is 0 Å². The predicted molar refractivity (Wildman–Crippen MR) is 115 cm³/mol. The van der Waals surface area contributed by atoms with Gasteiger partial charge in [0, 0.05) is 10.8 Å². The van der Waals surface area contributed by atoms with E-state index in [1.54, 1.807) is 24.3 Å². The molecule has 0 fully saturated rings. The largest absolute Gasteiger partial charge is 0.508 e. The highest BCUT2D eigenvalue weighted by molar-refractivity contribution is 7.94. The van der Waals surface area contributed by atoms with Crippen molar-refractivity contribution in [3.05, 3.63) is 94.7 Å². The predicted octanol–water partition coefficient (Wildman–Crippen LogP) is 3.99. The van der Waals surface area contributed by atoms with Crippen molar-refractivity contribution >= 4 is 31.8 Å². The maximum Gasteiger partial charge on any atom is 0.199 e. The van der Waals surface area contributed by atoms with Crippen molar-refractivity contribution in [3.63, 3.8) is 0 Å². The standard InChI is InChI=1S/C22H18O6S2/c23-19-5-9-21(10-6-19)29(25,26)15-13-17-1-2-18(4-3-17)14-16-30(27,28)22-11-7-20(24)8-12-22/h1-16,23-24H/b15-13+,16-14+. The number of benzene rings is 3. The van der Waals surface area contributed by atoms with Gasteiger partial charge < -0.3 is 10.2 Å². The monoisotopic (exact) mass is 442 g/mol. The van der Waals surface area contributed by atoms with Crippen LogP contribution in [0.25, 0.3) is 12.2 Å². The Morgan fingerprint density at radius 2 is 0.800 bits per heavy atom. The summed E-state index contributed by atoms with van der Waals surface area (Å²) in [6.07, 6.45) is 2.87. The van der Waals surface area contributed by atoms with Gasteiger partial charge in [-0.15, -0.1) is 0 Å². The molecular formula is C22H18O6S2. The number of rotatable bonds is 6. The van der Waals surface area contributed by atoms with Crippen molar-refractivity contribution in [1.29, 1.82) is 0 Å². The Hall–Kier alpha value is -3.36. The first kappa shape index (κ1) is 21.4. The van der Waals surface area contributed by atoms with Gasteiger partial charge in [0.05, 0.1) is 9.79 Å². The Balaban J connectivity index is 1.73. The molecule has 0 aliphatic heterocycles. The summed E-state index contributed by atoms with van der Waals surface area (Å²) in [4.78, 5) is 0.131. The number of phenols is 2. The maximum atomic E-state index is 12.3. The first-order chi connectivity index (χ1) is 14.2. The van der Waals surface area contributed by atoms with E-state index < -0.39 is 19.7 Å². The van der Waals surface area contributed by atoms with Crippen LogP contribution in [-0.2, 0) is 19.7 Å². The summed E-state index contributed by atoms with van der Waals surface area (Å²) >= 11 is 0. The lowest BCUT2D eigenvalue weighted by atomic mass is 10.1. The number of sulfone groups is 2. The molecule has 30 heavy (non-hydrogen) atoms. The molecule has 0 spiro atoms. The first-order valence-corrected chi connectivity index (χ1v) is 11.8. The average molecular weight is 443 g/mol. The molecule has 3 aromatic rings. The van der Waals surface area contributed by atoms with Crippen molar-refractivity contribution in [2.24, 2.45) is 0 Å². The lowest BCUT2D eigenvalue weighted by molar-refractivity contribution is 0.474. The van der Waals surface area contributed by atoms with Gasteiger partial charge in [0.15, 0.2) is 19.7 Å². The van der Waals surface area contributed by atoms with Gasteiger partial charge in [-0.1, -0.05) is 24.3 Å². The minimum absolute atomic E-state index is 0.0194. The van der Waals surface area contributed by atoms with Gasteiger partial charge >= 0.3 is 0 Å². The molecule has 154 valence electrons. The van der Waals surface area contributed by atoms with E-state index in [4.69, 9.17) is 0 Å². The molecule has 3 rings (SSSR count). The highest BCUT2D eigenvalue weighted by Crippen LogP contribution is 2.19. The third kappa shape index (κ3) is 5.37. The summed E-state index contributed by atoms with van der Waals surface area (Å²) in [5.74, 6) is -0.0389. The summed E-state index contributed by atoms with van der Waals surface area (Å²) in [7, 11) is -7.30. The second-order valence-electron chi connectivity index (χ2n) is 6.35. The van der Waals surface area contributed by atoms with Crippen molar-refractivity contribution in [2.45, 2.75) is 9.79 Å². The normalized spacial score (nSPS) is 12.5. The van der Waals surface area contributed by atoms with Gasteiger partial charge in [0.1, 0.15) is 11.5 Å². The average Bonchev–Trinajstić information content (AvgIpc) is 2.72. The Labute approximate surface area is 174 Å². The van der Waals surface area contributed by atoms with Gasteiger partial charge in [-0.25, -0.2) is 16.8 Å². The second kappa shape index (κ2) is 8.56. The molecule has 0 bridgehead atoms. The Bertz CT molecular complexity index is 1180. The quantitative estimate of drug-likeness (QED) is 0.598. The third-order valence-corrected chi connectivity index (χ3v) is 6.99. The van der Waals surface area contributed by atoms with Crippen LogP contribution < -0.4 is 0 Å². The van der Waals surface area contributed by atoms with E-state index in [0.29, 0.717) is 11.1 Å². The summed E-state index contributed by atoms with van der Waals surface area (Å²) < 4.78 is 49.2. The van der Waals surface area contributed by atoms with Crippen LogP contribution in [0.3, 0.4) is 0 Å². The lowest BCUT2D eigenvalue weighted by Crippen LogP contribution is -1.95. The van der Waals surface area contributed by atoms with E-state index in [1.807, 2.05) is 0 Å². The molecule has 0 atom stereocenters. The van der Waals surface area contributed by atoms with Crippen molar-refractivity contribution in [2.75, 3.05) is 0 Å². The van der Waals surface area contributed by atoms with Crippen LogP contribution in [0.5, 0.6) is 11.5 Å². The fraction of sp³-hybridized carbons (Fsp3) is 0. The Kier molecular flexibility index (Phi) is 6.09. The maximum absolute atomic E-state index is 12.3. The van der Waals surface area contributed by atoms with E-state index in [9.17, 15) is 27.0 Å². The fourth-order valence-corrected chi connectivity index (χ4v) is 4.50. The summed E-state index contributed by atoms with van der Waals surface area (Å²) in [6.45, 7) is 0. The van der Waals surface area contributed by atoms with Crippen LogP contribution in [0.4, 0.5) is 0 Å². The zero-order valence-electron chi connectivity index (χ0n) is 15.6. The molecule has 0 saturated heterocycles. The third-order valence-electron chi connectivity index (χ3n) is 4.15. The van der Waals surface area contributed by atoms with Gasteiger partial charge in [0.25, 0.3) is 0 Å². The van der Waals surface area contributed by atoms with Crippen molar-refractivity contribution in [1.82, 2.24) is 0 Å². The smallest absolute Gasteiger partial charge is 0.199 e. The summed E-state index contributed by atoms with van der Waals surface area (Å²) in [6, 6.07) is 17.1. The molecule has 2 N–H and O–H groups in total. The molecule has 3 aromatic carbocycles. The molecule has 0 amide bonds. The fourth-order valence-electron chi connectivity index (χ4n) is 2.48. The number of aromatic hydroxyl groups is 2. The molecule has 0 aromatic heterocycles. The highest BCUT2D eigenvalue weighted by Gasteiger charge is 2.11. The molecular weight excluding hydrogens is 424 g/mol. The molecule has 0 radical (unpaired) electrons. The number of hydrogen-bond acceptors (Lipinski definition) is 6. The molecule has 0 unspecified atom stereocenters. The summed E-state index contributed by atoms with van der Waals surface area (Å²) in [5, 5.41) is 20.7. The van der Waals surface area contributed by atoms with Gasteiger partial charge in [-0.05, 0) is 71.8 Å². The molecule has 0 saturated carbocycles. The van der Waals surface area contributed by atoms with E-state index in [2.05, 4.69) is 0 Å². The zero-order chi connectivity index (χ0) is 21.8. The minimum Gasteiger partial charge on any atom is -0.508 e. The van der Waals surface area contributed by atoms with E-state index in [0.717, 1.165) is 10.8 Å².